The number of rotatable bonds is 20. The van der Waals surface area contributed by atoms with E-state index < -0.39 is 53.2 Å². The Labute approximate surface area is 348 Å². The minimum atomic E-state index is -1.30. The number of nitrogens with zero attached hydrogens (tertiary/aromatic N) is 2. The van der Waals surface area contributed by atoms with Crippen molar-refractivity contribution in [3.8, 4) is 0 Å². The summed E-state index contributed by atoms with van der Waals surface area (Å²) in [6.45, 7) is 23.2. The SMILES string of the molecule is C=C(C)C(=O)OCCN(CCOC(=O)C(=C)C)c1ccc(C2C(=O)C(=C3C=CC(=[N+](CCOC(=O)C(=C)C)CCOC(=O)C(=C)C)C=C3NC(C)=O)C2=O)c(NC(C)=O)c1. The minimum absolute atomic E-state index is 0.0621. The molecule has 0 unspecified atom stereocenters. The number of carbonyl (C=O) groups excluding carboxylic acids is 8. The van der Waals surface area contributed by atoms with Crippen LogP contribution >= 0.6 is 0 Å². The van der Waals surface area contributed by atoms with E-state index in [2.05, 4.69) is 36.9 Å². The normalized spacial score (nSPS) is 14.2. The molecule has 3 rings (SSSR count). The van der Waals surface area contributed by atoms with Crippen molar-refractivity contribution in [2.75, 3.05) is 62.8 Å². The van der Waals surface area contributed by atoms with Gasteiger partial charge in [0, 0.05) is 65.2 Å². The summed E-state index contributed by atoms with van der Waals surface area (Å²) in [5, 5.41) is 5.39. The van der Waals surface area contributed by atoms with Gasteiger partial charge < -0.3 is 34.5 Å². The summed E-state index contributed by atoms with van der Waals surface area (Å²) < 4.78 is 22.8. The number of nitrogens with one attached hydrogen (secondary N) is 2. The van der Waals surface area contributed by atoms with Crippen LogP contribution in [0.5, 0.6) is 0 Å². The fourth-order valence-electron chi connectivity index (χ4n) is 5.76. The second-order valence-corrected chi connectivity index (χ2v) is 14.0. The van der Waals surface area contributed by atoms with Crippen LogP contribution in [-0.4, -0.2) is 110 Å². The van der Waals surface area contributed by atoms with E-state index in [-0.39, 0.29) is 103 Å². The second kappa shape index (κ2) is 21.7. The highest BCUT2D eigenvalue weighted by atomic mass is 16.5. The van der Waals surface area contributed by atoms with Crippen LogP contribution in [-0.2, 0) is 57.3 Å². The summed E-state index contributed by atoms with van der Waals surface area (Å²) in [6, 6.07) is 4.71. The van der Waals surface area contributed by atoms with Crippen molar-refractivity contribution in [2.24, 2.45) is 0 Å². The van der Waals surface area contributed by atoms with Gasteiger partial charge in [-0.3, -0.25) is 19.2 Å². The number of amides is 2. The summed E-state index contributed by atoms with van der Waals surface area (Å²) in [5.74, 6) is -5.78. The van der Waals surface area contributed by atoms with Crippen LogP contribution in [0.3, 0.4) is 0 Å². The Kier molecular flexibility index (Phi) is 17.1. The largest absolute Gasteiger partial charge is 0.460 e. The molecule has 1 fully saturated rings. The Morgan fingerprint density at radius 3 is 1.53 bits per heavy atom. The Morgan fingerprint density at radius 2 is 1.10 bits per heavy atom. The van der Waals surface area contributed by atoms with Crippen LogP contribution in [0.15, 0.2) is 102 Å². The van der Waals surface area contributed by atoms with E-state index in [4.69, 9.17) is 18.9 Å². The average Bonchev–Trinajstić information content (AvgIpc) is 3.17. The van der Waals surface area contributed by atoms with E-state index in [1.165, 1.54) is 53.7 Å². The maximum atomic E-state index is 14.0. The number of carbonyl (C=O) groups is 8. The van der Waals surface area contributed by atoms with E-state index in [9.17, 15) is 38.4 Å². The first kappa shape index (κ1) is 47.4. The molecule has 60 heavy (non-hydrogen) atoms. The lowest BCUT2D eigenvalue weighted by Crippen LogP contribution is -2.41. The topological polar surface area (TPSA) is 204 Å². The number of hydrogen-bond acceptors (Lipinski definition) is 13. The van der Waals surface area contributed by atoms with Gasteiger partial charge >= 0.3 is 23.9 Å². The van der Waals surface area contributed by atoms with Crippen molar-refractivity contribution in [3.05, 3.63) is 107 Å². The molecule has 2 amide bonds. The Balaban J connectivity index is 2.02. The minimum Gasteiger partial charge on any atom is -0.460 e. The number of Topliss-reactive ketones (excluding diaryl/α,β-unsaturated/α-hetero) is 2. The lowest BCUT2D eigenvalue weighted by molar-refractivity contribution is -0.530. The number of benzene rings is 1. The van der Waals surface area contributed by atoms with Crippen LogP contribution in [0.1, 0.15) is 53.0 Å². The van der Waals surface area contributed by atoms with Gasteiger partial charge in [0.1, 0.15) is 19.1 Å². The molecule has 16 nitrogen and oxygen atoms in total. The molecule has 2 aliphatic rings. The zero-order valence-electron chi connectivity index (χ0n) is 34.8. The molecule has 0 saturated heterocycles. The molecule has 16 heteroatoms. The smallest absolute Gasteiger partial charge is 0.333 e. The molecule has 0 atom stereocenters. The lowest BCUT2D eigenvalue weighted by Gasteiger charge is -2.31. The van der Waals surface area contributed by atoms with E-state index in [0.717, 1.165) is 0 Å². The standard InChI is InChI=1S/C44H50N4O12/c1-25(2)41(53)57-19-15-47(16-20-58-42(54)26(3)4)31-11-13-33(35(23-31)45-29(9)49)37-39(51)38(40(37)52)34-14-12-32(24-36(34)46-30(10)50)48(17-21-59-43(55)27(5)6)18-22-60-44(56)28(7)8/h11-14,23-24,37H,1,3,5,7,15-22H2,2,4,6,8-10H3,(H,45,49)/p+1. The van der Waals surface area contributed by atoms with Crippen LogP contribution in [0.2, 0.25) is 0 Å². The van der Waals surface area contributed by atoms with Gasteiger partial charge in [0.25, 0.3) is 0 Å². The molecule has 0 bridgehead atoms. The van der Waals surface area contributed by atoms with E-state index >= 15 is 0 Å². The molecule has 0 heterocycles. The second-order valence-electron chi connectivity index (χ2n) is 14.0. The zero-order chi connectivity index (χ0) is 44.8. The summed E-state index contributed by atoms with van der Waals surface area (Å²) in [5.41, 5.74) is 2.30. The van der Waals surface area contributed by atoms with Gasteiger partial charge in [-0.1, -0.05) is 32.4 Å². The molecule has 0 aromatic heterocycles. The van der Waals surface area contributed by atoms with Gasteiger partial charge in [-0.2, -0.15) is 0 Å². The highest BCUT2D eigenvalue weighted by molar-refractivity contribution is 6.43. The summed E-state index contributed by atoms with van der Waals surface area (Å²) in [7, 11) is 0. The van der Waals surface area contributed by atoms with Crippen LogP contribution in [0, 0.1) is 0 Å². The fraction of sp³-hybridized carbons (Fsp3) is 0.341. The predicted octanol–water partition coefficient (Wildman–Crippen LogP) is 3.50. The third-order valence-electron chi connectivity index (χ3n) is 8.76. The summed E-state index contributed by atoms with van der Waals surface area (Å²) in [6.07, 6.45) is 4.66. The van der Waals surface area contributed by atoms with Gasteiger partial charge in [-0.15, -0.1) is 0 Å². The molecule has 1 aromatic rings. The van der Waals surface area contributed by atoms with Crippen LogP contribution in [0.25, 0.3) is 0 Å². The summed E-state index contributed by atoms with van der Waals surface area (Å²) in [4.78, 5) is 103. The van der Waals surface area contributed by atoms with Gasteiger partial charge in [-0.05, 0) is 51.5 Å². The maximum absolute atomic E-state index is 14.0. The van der Waals surface area contributed by atoms with Crippen molar-refractivity contribution in [1.29, 1.82) is 0 Å². The molecular weight excluding hydrogens is 776 g/mol. The molecule has 2 N–H and O–H groups in total. The van der Waals surface area contributed by atoms with Gasteiger partial charge in [0.15, 0.2) is 37.9 Å². The molecule has 2 aliphatic carbocycles. The quantitative estimate of drug-likeness (QED) is 0.0483. The van der Waals surface area contributed by atoms with E-state index in [0.29, 0.717) is 11.4 Å². The van der Waals surface area contributed by atoms with Crippen molar-refractivity contribution >= 4 is 64.3 Å². The Bertz CT molecular complexity index is 2090. The van der Waals surface area contributed by atoms with Crippen molar-refractivity contribution in [1.82, 2.24) is 5.32 Å². The Hall–Kier alpha value is -6.97. The van der Waals surface area contributed by atoms with Gasteiger partial charge in [0.2, 0.25) is 17.5 Å². The molecule has 318 valence electrons. The monoisotopic (exact) mass is 827 g/mol. The van der Waals surface area contributed by atoms with Crippen molar-refractivity contribution in [2.45, 2.75) is 47.5 Å². The number of ether oxygens (including phenoxy) is 4. The fourth-order valence-corrected chi connectivity index (χ4v) is 5.76. The predicted molar refractivity (Wildman–Crippen MR) is 222 cm³/mol. The number of hydrogen-bond donors (Lipinski definition) is 2. The number of ketones is 2. The first-order valence-electron chi connectivity index (χ1n) is 18.8. The summed E-state index contributed by atoms with van der Waals surface area (Å²) >= 11 is 0. The van der Waals surface area contributed by atoms with E-state index in [1.54, 1.807) is 33.8 Å². The first-order valence-corrected chi connectivity index (χ1v) is 18.8. The van der Waals surface area contributed by atoms with Crippen LogP contribution < -0.4 is 15.5 Å². The van der Waals surface area contributed by atoms with Gasteiger partial charge in [0.05, 0.1) is 24.4 Å². The molecule has 0 spiro atoms. The maximum Gasteiger partial charge on any atom is 0.333 e. The average molecular weight is 828 g/mol. The van der Waals surface area contributed by atoms with Crippen molar-refractivity contribution < 1.29 is 61.9 Å². The number of allylic oxidation sites excluding steroid dienone is 4. The third-order valence-corrected chi connectivity index (χ3v) is 8.76. The molecule has 1 aromatic carbocycles. The van der Waals surface area contributed by atoms with Gasteiger partial charge in [-0.25, -0.2) is 23.8 Å². The zero-order valence-corrected chi connectivity index (χ0v) is 34.8. The number of anilines is 2. The molecule has 0 aliphatic heterocycles. The van der Waals surface area contributed by atoms with Crippen molar-refractivity contribution in [3.63, 3.8) is 0 Å². The highest BCUT2D eigenvalue weighted by Crippen LogP contribution is 2.42. The van der Waals surface area contributed by atoms with E-state index in [1.807, 2.05) is 0 Å². The highest BCUT2D eigenvalue weighted by Gasteiger charge is 2.48. The van der Waals surface area contributed by atoms with Crippen LogP contribution in [0.4, 0.5) is 11.4 Å². The molecule has 0 radical (unpaired) electrons. The molecule has 1 saturated carbocycles. The lowest BCUT2D eigenvalue weighted by atomic mass is 9.69. The third kappa shape index (κ3) is 13.0. The Morgan fingerprint density at radius 1 is 0.650 bits per heavy atom. The first-order chi connectivity index (χ1) is 28.2. The molecular formula is C44H51N4O12+. The number of esters is 4.